The lowest BCUT2D eigenvalue weighted by molar-refractivity contribution is -0.0659. The summed E-state index contributed by atoms with van der Waals surface area (Å²) in [7, 11) is 0. The van der Waals surface area contributed by atoms with Gasteiger partial charge in [-0.3, -0.25) is 0 Å². The second kappa shape index (κ2) is 6.34. The smallest absolute Gasteiger partial charge is 0.144 e. The zero-order valence-electron chi connectivity index (χ0n) is 10.4. The predicted molar refractivity (Wildman–Crippen MR) is 106 cm³/mol. The zero-order chi connectivity index (χ0) is 13.8. The van der Waals surface area contributed by atoms with Crippen LogP contribution in [0.2, 0.25) is 0 Å². The van der Waals surface area contributed by atoms with Gasteiger partial charge in [0.25, 0.3) is 0 Å². The van der Waals surface area contributed by atoms with Gasteiger partial charge in [0, 0.05) is 5.08 Å². The minimum absolute atomic E-state index is 0.165. The van der Waals surface area contributed by atoms with Crippen LogP contribution < -0.4 is 0 Å². The fourth-order valence-electron chi connectivity index (χ4n) is 2.05. The van der Waals surface area contributed by atoms with E-state index in [0.717, 1.165) is 13.2 Å². The molecule has 2 unspecified atom stereocenters. The van der Waals surface area contributed by atoms with Gasteiger partial charge in [-0.2, -0.15) is 0 Å². The van der Waals surface area contributed by atoms with E-state index in [0.29, 0.717) is 0 Å². The van der Waals surface area contributed by atoms with Crippen LogP contribution in [0.3, 0.4) is 0 Å². The van der Waals surface area contributed by atoms with Crippen LogP contribution in [0.25, 0.3) is 0 Å². The third-order valence-electron chi connectivity index (χ3n) is 2.94. The van der Waals surface area contributed by atoms with Crippen molar-refractivity contribution < 1.29 is 9.47 Å². The molecule has 0 radical (unpaired) electrons. The van der Waals surface area contributed by atoms with E-state index in [4.69, 9.17) is 9.47 Å². The lowest BCUT2D eigenvalue weighted by Gasteiger charge is -2.33. The molecule has 5 heterocycles. The first-order chi connectivity index (χ1) is 10.4. The highest BCUT2D eigenvalue weighted by molar-refractivity contribution is 8.48. The molecule has 112 valence electrons. The Hall–Kier alpha value is 1.94. The standard InChI is InChI=1S/C11H8O2S8/c1-2-13-5-4(12-1)16-8-9(17-5)21-11(20-8)10-18-6-7(19-10)15-3-14-6/h4-5H,1-3H2. The summed E-state index contributed by atoms with van der Waals surface area (Å²) in [6.07, 6.45) is 0. The van der Waals surface area contributed by atoms with Crippen molar-refractivity contribution in [2.24, 2.45) is 0 Å². The molecule has 0 bridgehead atoms. The molecular formula is C11H8O2S8. The Kier molecular flexibility index (Phi) is 4.60. The Morgan fingerprint density at radius 2 is 1.10 bits per heavy atom. The van der Waals surface area contributed by atoms with Gasteiger partial charge in [-0.15, -0.1) is 23.5 Å². The fraction of sp³-hybridized carbons (Fsp3) is 0.455. The number of fused-ring (bicyclic) bond motifs is 1. The summed E-state index contributed by atoms with van der Waals surface area (Å²) in [4.78, 5) is 0. The molecule has 2 nitrogen and oxygen atoms in total. The molecular weight excluding hydrogens is 421 g/mol. The fourth-order valence-corrected chi connectivity index (χ4v) is 14.9. The molecule has 21 heavy (non-hydrogen) atoms. The summed E-state index contributed by atoms with van der Waals surface area (Å²) in [5.41, 5.74) is 0.330. The molecule has 0 aromatic heterocycles. The predicted octanol–water partition coefficient (Wildman–Crippen LogP) is 5.94. The Morgan fingerprint density at radius 1 is 0.619 bits per heavy atom. The summed E-state index contributed by atoms with van der Waals surface area (Å²) >= 11 is 15.4. The molecule has 0 aromatic carbocycles. The highest BCUT2D eigenvalue weighted by Gasteiger charge is 2.41. The van der Waals surface area contributed by atoms with Gasteiger partial charge in [0.2, 0.25) is 0 Å². The average molecular weight is 429 g/mol. The van der Waals surface area contributed by atoms with E-state index in [1.807, 2.05) is 94.1 Å². The molecule has 1 saturated heterocycles. The van der Waals surface area contributed by atoms with E-state index < -0.39 is 0 Å². The van der Waals surface area contributed by atoms with Crippen LogP contribution in [0, 0.1) is 0 Å². The van der Waals surface area contributed by atoms with Crippen LogP contribution in [-0.4, -0.2) is 29.2 Å². The van der Waals surface area contributed by atoms with Gasteiger partial charge in [0.05, 0.1) is 38.6 Å². The van der Waals surface area contributed by atoms with E-state index in [1.54, 1.807) is 0 Å². The van der Waals surface area contributed by atoms with Crippen molar-refractivity contribution >= 4 is 94.1 Å². The normalized spacial score (nSPS) is 35.4. The summed E-state index contributed by atoms with van der Waals surface area (Å²) < 4.78 is 20.4. The molecule has 0 aliphatic carbocycles. The number of thioether (sulfide) groups is 8. The number of hydrogen-bond acceptors (Lipinski definition) is 10. The lowest BCUT2D eigenvalue weighted by atomic mass is 10.6. The van der Waals surface area contributed by atoms with Gasteiger partial charge >= 0.3 is 0 Å². The number of rotatable bonds is 0. The second-order valence-electron chi connectivity index (χ2n) is 4.25. The monoisotopic (exact) mass is 428 g/mol. The van der Waals surface area contributed by atoms with Gasteiger partial charge in [0.15, 0.2) is 0 Å². The number of hydrogen-bond donors (Lipinski definition) is 0. The Morgan fingerprint density at radius 3 is 1.62 bits per heavy atom. The quantitative estimate of drug-likeness (QED) is 0.459. The van der Waals surface area contributed by atoms with Crippen molar-refractivity contribution in [3.8, 4) is 0 Å². The molecule has 0 spiro atoms. The maximum atomic E-state index is 5.83. The van der Waals surface area contributed by atoms with Crippen LogP contribution in [0.5, 0.6) is 0 Å². The molecule has 10 heteroatoms. The van der Waals surface area contributed by atoms with E-state index in [9.17, 15) is 0 Å². The van der Waals surface area contributed by atoms with Gasteiger partial charge in [-0.25, -0.2) is 0 Å². The first-order valence-electron chi connectivity index (χ1n) is 6.13. The Labute approximate surface area is 157 Å². The topological polar surface area (TPSA) is 18.5 Å². The highest BCUT2D eigenvalue weighted by atomic mass is 32.3. The summed E-state index contributed by atoms with van der Waals surface area (Å²) in [6, 6.07) is 0. The molecule has 0 N–H and O–H groups in total. The molecule has 0 saturated carbocycles. The van der Waals surface area contributed by atoms with Crippen molar-refractivity contribution in [1.29, 1.82) is 0 Å². The molecule has 5 aliphatic heterocycles. The maximum absolute atomic E-state index is 5.83. The Bertz CT molecular complexity index is 551. The molecule has 5 rings (SSSR count). The molecule has 2 atom stereocenters. The summed E-state index contributed by atoms with van der Waals surface area (Å²) in [6.45, 7) is 1.44. The Balaban J connectivity index is 1.34. The van der Waals surface area contributed by atoms with Crippen molar-refractivity contribution in [3.63, 3.8) is 0 Å². The van der Waals surface area contributed by atoms with Gasteiger partial charge in [0.1, 0.15) is 10.9 Å². The van der Waals surface area contributed by atoms with E-state index >= 15 is 0 Å². The van der Waals surface area contributed by atoms with Crippen LogP contribution in [0.1, 0.15) is 0 Å². The first-order valence-corrected chi connectivity index (χ1v) is 13.1. The van der Waals surface area contributed by atoms with Gasteiger partial charge < -0.3 is 9.47 Å². The minimum Gasteiger partial charge on any atom is -0.361 e. The molecule has 0 amide bonds. The van der Waals surface area contributed by atoms with Crippen LogP contribution >= 0.6 is 94.1 Å². The van der Waals surface area contributed by atoms with Crippen molar-refractivity contribution in [2.45, 2.75) is 10.9 Å². The largest absolute Gasteiger partial charge is 0.361 e. The first kappa shape index (κ1) is 15.2. The maximum Gasteiger partial charge on any atom is 0.144 e. The molecule has 1 fully saturated rings. The van der Waals surface area contributed by atoms with Crippen molar-refractivity contribution in [3.05, 3.63) is 25.4 Å². The molecule has 0 aromatic rings. The lowest BCUT2D eigenvalue weighted by Crippen LogP contribution is -2.35. The summed E-state index contributed by atoms with van der Waals surface area (Å²) in [5, 5.41) is 1.19. The SMILES string of the molecule is C1COC2SC3=C(SC(=C4SC5=C(SCS5)S4)S3)SC2O1. The van der Waals surface area contributed by atoms with Crippen molar-refractivity contribution in [2.75, 3.05) is 18.3 Å². The van der Waals surface area contributed by atoms with E-state index in [-0.39, 0.29) is 10.9 Å². The van der Waals surface area contributed by atoms with Gasteiger partial charge in [-0.05, 0) is 0 Å². The summed E-state index contributed by atoms with van der Waals surface area (Å²) in [5.74, 6) is 0. The highest BCUT2D eigenvalue weighted by Crippen LogP contribution is 2.70. The van der Waals surface area contributed by atoms with Crippen LogP contribution in [0.4, 0.5) is 0 Å². The minimum atomic E-state index is 0.165. The van der Waals surface area contributed by atoms with Gasteiger partial charge in [-0.1, -0.05) is 70.6 Å². The zero-order valence-corrected chi connectivity index (χ0v) is 16.9. The van der Waals surface area contributed by atoms with Crippen LogP contribution in [0.15, 0.2) is 25.4 Å². The molecule has 5 aliphatic rings. The van der Waals surface area contributed by atoms with E-state index in [2.05, 4.69) is 0 Å². The number of ether oxygens (including phenoxy) is 2. The average Bonchev–Trinajstić information content (AvgIpc) is 3.17. The van der Waals surface area contributed by atoms with Crippen molar-refractivity contribution in [1.82, 2.24) is 0 Å². The third kappa shape index (κ3) is 2.89. The van der Waals surface area contributed by atoms with Crippen LogP contribution in [-0.2, 0) is 9.47 Å². The third-order valence-corrected chi connectivity index (χ3v) is 15.0. The van der Waals surface area contributed by atoms with E-state index in [1.165, 1.54) is 30.5 Å². The second-order valence-corrected chi connectivity index (χ2v) is 14.4.